The summed E-state index contributed by atoms with van der Waals surface area (Å²) in [7, 11) is 0. The first-order valence-electron chi connectivity index (χ1n) is 4.51. The molecule has 5 nitrogen and oxygen atoms in total. The molecule has 0 atom stereocenters. The molecule has 16 heavy (non-hydrogen) atoms. The zero-order valence-electron chi connectivity index (χ0n) is 8.70. The number of hydrogen-bond donors (Lipinski definition) is 1. The molecule has 7 heteroatoms. The Morgan fingerprint density at radius 3 is 2.44 bits per heavy atom. The third-order valence-electron chi connectivity index (χ3n) is 2.01. The maximum atomic E-state index is 6.03. The average Bonchev–Trinajstić information content (AvgIpc) is 2.51. The number of nitrogens with two attached hydrogens (primary N) is 1. The number of hydrogen-bond acceptors (Lipinski definition) is 4. The van der Waals surface area contributed by atoms with Crippen LogP contribution >= 0.6 is 23.2 Å². The van der Waals surface area contributed by atoms with Crippen LogP contribution in [-0.2, 0) is 0 Å². The first-order valence-corrected chi connectivity index (χ1v) is 5.27. The van der Waals surface area contributed by atoms with E-state index in [4.69, 9.17) is 28.9 Å². The summed E-state index contributed by atoms with van der Waals surface area (Å²) in [4.78, 5) is 8.25. The highest BCUT2D eigenvalue weighted by atomic mass is 35.5. The summed E-state index contributed by atoms with van der Waals surface area (Å²) >= 11 is 11.8. The van der Waals surface area contributed by atoms with Crippen molar-refractivity contribution in [1.29, 1.82) is 0 Å². The Bertz CT molecular complexity index is 549. The van der Waals surface area contributed by atoms with E-state index in [1.165, 1.54) is 10.7 Å². The summed E-state index contributed by atoms with van der Waals surface area (Å²) in [5.41, 5.74) is 5.62. The summed E-state index contributed by atoms with van der Waals surface area (Å²) in [6, 6.07) is 1.54. The van der Waals surface area contributed by atoms with Crippen LogP contribution in [0.2, 0.25) is 10.0 Å². The molecule has 0 fully saturated rings. The van der Waals surface area contributed by atoms with Crippen molar-refractivity contribution in [3.63, 3.8) is 0 Å². The zero-order valence-corrected chi connectivity index (χ0v) is 10.2. The molecule has 0 bridgehead atoms. The van der Waals surface area contributed by atoms with Gasteiger partial charge >= 0.3 is 0 Å². The summed E-state index contributed by atoms with van der Waals surface area (Å²) in [6.07, 6.45) is 0. The number of aromatic nitrogens is 4. The molecule has 0 amide bonds. The van der Waals surface area contributed by atoms with Gasteiger partial charge in [0.1, 0.15) is 17.5 Å². The van der Waals surface area contributed by atoms with Gasteiger partial charge in [0.15, 0.2) is 5.82 Å². The third kappa shape index (κ3) is 1.83. The molecule has 0 aliphatic carbocycles. The van der Waals surface area contributed by atoms with Crippen LogP contribution in [0.25, 0.3) is 5.82 Å². The number of rotatable bonds is 1. The lowest BCUT2D eigenvalue weighted by molar-refractivity contribution is 0.805. The van der Waals surface area contributed by atoms with Crippen LogP contribution in [0, 0.1) is 13.8 Å². The number of aryl methyl sites for hydroxylation is 2. The van der Waals surface area contributed by atoms with Crippen molar-refractivity contribution in [3.8, 4) is 5.82 Å². The van der Waals surface area contributed by atoms with E-state index in [0.29, 0.717) is 27.5 Å². The van der Waals surface area contributed by atoms with Gasteiger partial charge in [-0.2, -0.15) is 4.68 Å². The Balaban J connectivity index is 2.64. The van der Waals surface area contributed by atoms with E-state index in [-0.39, 0.29) is 5.82 Å². The second-order valence-electron chi connectivity index (χ2n) is 3.28. The van der Waals surface area contributed by atoms with Crippen LogP contribution in [0.1, 0.15) is 11.6 Å². The summed E-state index contributed by atoms with van der Waals surface area (Å²) < 4.78 is 1.53. The fourth-order valence-corrected chi connectivity index (χ4v) is 1.78. The number of nitrogen functional groups attached to an aromatic ring is 1. The molecular weight excluding hydrogens is 249 g/mol. The van der Waals surface area contributed by atoms with Gasteiger partial charge in [0.2, 0.25) is 0 Å². The molecular formula is C9H9Cl2N5. The third-order valence-corrected chi connectivity index (χ3v) is 2.59. The monoisotopic (exact) mass is 257 g/mol. The predicted octanol–water partition coefficient (Wildman–Crippen LogP) is 2.17. The normalized spacial score (nSPS) is 10.8. The Morgan fingerprint density at radius 2 is 1.88 bits per heavy atom. The molecule has 2 N–H and O–H groups in total. The number of nitrogens with zero attached hydrogens (tertiary/aromatic N) is 4. The summed E-state index contributed by atoms with van der Waals surface area (Å²) in [5, 5.41) is 4.88. The van der Waals surface area contributed by atoms with Crippen molar-refractivity contribution in [1.82, 2.24) is 19.7 Å². The SMILES string of the molecule is Cc1nc(C)n(-c2nc(N)c(Cl)cc2Cl)n1. The van der Waals surface area contributed by atoms with Crippen LogP contribution in [0.4, 0.5) is 5.82 Å². The van der Waals surface area contributed by atoms with Gasteiger partial charge in [-0.1, -0.05) is 23.2 Å². The van der Waals surface area contributed by atoms with Crippen LogP contribution in [0.15, 0.2) is 6.07 Å². The molecule has 2 heterocycles. The maximum Gasteiger partial charge on any atom is 0.176 e. The maximum absolute atomic E-state index is 6.03. The van der Waals surface area contributed by atoms with E-state index >= 15 is 0 Å². The van der Waals surface area contributed by atoms with E-state index in [0.717, 1.165) is 0 Å². The molecule has 2 aromatic heterocycles. The highest BCUT2D eigenvalue weighted by Crippen LogP contribution is 2.26. The van der Waals surface area contributed by atoms with Crippen molar-refractivity contribution >= 4 is 29.0 Å². The fourth-order valence-electron chi connectivity index (χ4n) is 1.34. The molecule has 0 aliphatic rings. The van der Waals surface area contributed by atoms with Crippen molar-refractivity contribution < 1.29 is 0 Å². The molecule has 2 aromatic rings. The number of anilines is 1. The fraction of sp³-hybridized carbons (Fsp3) is 0.222. The molecule has 0 unspecified atom stereocenters. The van der Waals surface area contributed by atoms with Crippen LogP contribution < -0.4 is 5.73 Å². The molecule has 0 radical (unpaired) electrons. The Labute approximate surface area is 102 Å². The quantitative estimate of drug-likeness (QED) is 0.850. The van der Waals surface area contributed by atoms with Crippen molar-refractivity contribution in [3.05, 3.63) is 27.8 Å². The van der Waals surface area contributed by atoms with E-state index < -0.39 is 0 Å². The number of halogens is 2. The van der Waals surface area contributed by atoms with E-state index in [1.807, 2.05) is 6.92 Å². The van der Waals surface area contributed by atoms with Gasteiger partial charge in [-0.25, -0.2) is 9.97 Å². The Morgan fingerprint density at radius 1 is 1.19 bits per heavy atom. The topological polar surface area (TPSA) is 69.6 Å². The van der Waals surface area contributed by atoms with Crippen molar-refractivity contribution in [2.24, 2.45) is 0 Å². The van der Waals surface area contributed by atoms with Gasteiger partial charge in [0.25, 0.3) is 0 Å². The van der Waals surface area contributed by atoms with Gasteiger partial charge in [-0.15, -0.1) is 5.10 Å². The molecule has 0 saturated carbocycles. The minimum absolute atomic E-state index is 0.216. The van der Waals surface area contributed by atoms with E-state index in [9.17, 15) is 0 Å². The van der Waals surface area contributed by atoms with Gasteiger partial charge < -0.3 is 5.73 Å². The standard InChI is InChI=1S/C9H9Cl2N5/c1-4-13-5(2)16(15-4)9-7(11)3-6(10)8(12)14-9/h3H,1-2H3,(H2,12,14). The largest absolute Gasteiger partial charge is 0.382 e. The van der Waals surface area contributed by atoms with Crippen molar-refractivity contribution in [2.75, 3.05) is 5.73 Å². The first-order chi connectivity index (χ1) is 7.49. The van der Waals surface area contributed by atoms with E-state index in [2.05, 4.69) is 15.1 Å². The molecule has 0 aromatic carbocycles. The lowest BCUT2D eigenvalue weighted by Crippen LogP contribution is -2.05. The zero-order chi connectivity index (χ0) is 11.9. The van der Waals surface area contributed by atoms with Crippen LogP contribution in [0.3, 0.4) is 0 Å². The smallest absolute Gasteiger partial charge is 0.176 e. The molecule has 0 aliphatic heterocycles. The van der Waals surface area contributed by atoms with Gasteiger partial charge in [-0.3, -0.25) is 0 Å². The lowest BCUT2D eigenvalue weighted by atomic mass is 10.4. The number of pyridine rings is 1. The predicted molar refractivity (Wildman–Crippen MR) is 63.1 cm³/mol. The second-order valence-corrected chi connectivity index (χ2v) is 4.09. The molecule has 0 saturated heterocycles. The first kappa shape index (κ1) is 11.2. The van der Waals surface area contributed by atoms with E-state index in [1.54, 1.807) is 6.92 Å². The Kier molecular flexibility index (Phi) is 2.73. The van der Waals surface area contributed by atoms with Crippen molar-refractivity contribution in [2.45, 2.75) is 13.8 Å². The van der Waals surface area contributed by atoms with Gasteiger partial charge in [-0.05, 0) is 19.9 Å². The minimum atomic E-state index is 0.216. The Hall–Kier alpha value is -1.33. The second kappa shape index (κ2) is 3.92. The minimum Gasteiger partial charge on any atom is -0.382 e. The highest BCUT2D eigenvalue weighted by Gasteiger charge is 2.13. The summed E-state index contributed by atoms with van der Waals surface area (Å²) in [6.45, 7) is 3.60. The van der Waals surface area contributed by atoms with Crippen LogP contribution in [-0.4, -0.2) is 19.7 Å². The molecule has 2 rings (SSSR count). The highest BCUT2D eigenvalue weighted by molar-refractivity contribution is 6.36. The molecule has 84 valence electrons. The van der Waals surface area contributed by atoms with Gasteiger partial charge in [0.05, 0.1) is 10.0 Å². The average molecular weight is 258 g/mol. The van der Waals surface area contributed by atoms with Gasteiger partial charge in [0, 0.05) is 0 Å². The summed E-state index contributed by atoms with van der Waals surface area (Å²) in [5.74, 6) is 1.98. The lowest BCUT2D eigenvalue weighted by Gasteiger charge is -2.06. The molecule has 0 spiro atoms. The van der Waals surface area contributed by atoms with Crippen LogP contribution in [0.5, 0.6) is 0 Å².